The van der Waals surface area contributed by atoms with Crippen LogP contribution < -0.4 is 5.32 Å². The van der Waals surface area contributed by atoms with E-state index in [0.717, 1.165) is 11.3 Å². The molecule has 23 heavy (non-hydrogen) atoms. The number of methoxy groups -OCH3 is 1. The average Bonchev–Trinajstić information content (AvgIpc) is 2.96. The molecule has 0 unspecified atom stereocenters. The smallest absolute Gasteiger partial charge is 0.251 e. The van der Waals surface area contributed by atoms with Crippen LogP contribution in [0.4, 0.5) is 5.82 Å². The van der Waals surface area contributed by atoms with Crippen LogP contribution in [0.25, 0.3) is 11.3 Å². The quantitative estimate of drug-likeness (QED) is 0.760. The molecule has 0 aliphatic carbocycles. The maximum atomic E-state index is 12.0. The molecule has 0 aliphatic heterocycles. The highest BCUT2D eigenvalue weighted by Gasteiger charge is 2.14. The zero-order valence-corrected chi connectivity index (χ0v) is 13.8. The summed E-state index contributed by atoms with van der Waals surface area (Å²) in [6, 6.07) is 11.9. The van der Waals surface area contributed by atoms with Gasteiger partial charge in [0.25, 0.3) is 5.91 Å². The molecule has 1 aromatic carbocycles. The summed E-state index contributed by atoms with van der Waals surface area (Å²) in [6.45, 7) is 4.89. The van der Waals surface area contributed by atoms with Gasteiger partial charge in [-0.05, 0) is 13.8 Å². The minimum atomic E-state index is -0.206. The van der Waals surface area contributed by atoms with Crippen LogP contribution >= 0.6 is 0 Å². The number of rotatable bonds is 8. The summed E-state index contributed by atoms with van der Waals surface area (Å²) in [7, 11) is 1.59. The third-order valence-corrected chi connectivity index (χ3v) is 3.23. The van der Waals surface area contributed by atoms with E-state index in [9.17, 15) is 4.79 Å². The van der Waals surface area contributed by atoms with Crippen molar-refractivity contribution in [1.82, 2.24) is 9.78 Å². The van der Waals surface area contributed by atoms with E-state index in [0.29, 0.717) is 19.0 Å². The number of benzene rings is 1. The highest BCUT2D eigenvalue weighted by molar-refractivity contribution is 5.91. The molecule has 0 atom stereocenters. The van der Waals surface area contributed by atoms with Gasteiger partial charge in [0.15, 0.2) is 0 Å². The summed E-state index contributed by atoms with van der Waals surface area (Å²) in [5, 5.41) is 7.44. The molecule has 6 heteroatoms. The van der Waals surface area contributed by atoms with Crippen LogP contribution in [0.15, 0.2) is 36.4 Å². The zero-order chi connectivity index (χ0) is 16.7. The van der Waals surface area contributed by atoms with Gasteiger partial charge in [0, 0.05) is 24.8 Å². The normalized spacial score (nSPS) is 11.0. The Hall–Kier alpha value is -2.18. The summed E-state index contributed by atoms with van der Waals surface area (Å²) in [4.78, 5) is 12.0. The van der Waals surface area contributed by atoms with Crippen molar-refractivity contribution in [3.05, 3.63) is 36.4 Å². The van der Waals surface area contributed by atoms with E-state index in [1.807, 2.05) is 50.2 Å². The van der Waals surface area contributed by atoms with Crippen LogP contribution in [0, 0.1) is 0 Å². The zero-order valence-electron chi connectivity index (χ0n) is 13.8. The van der Waals surface area contributed by atoms with Crippen molar-refractivity contribution in [2.24, 2.45) is 0 Å². The number of carbonyl (C=O) groups is 1. The van der Waals surface area contributed by atoms with Crippen LogP contribution in [-0.4, -0.2) is 42.6 Å². The molecule has 0 saturated heterocycles. The number of carbonyl (C=O) groups excluding carboxylic acids is 1. The number of anilines is 1. The molecular formula is C17H23N3O3. The maximum absolute atomic E-state index is 12.0. The van der Waals surface area contributed by atoms with E-state index in [1.165, 1.54) is 0 Å². The molecule has 2 rings (SSSR count). The monoisotopic (exact) mass is 317 g/mol. The summed E-state index contributed by atoms with van der Waals surface area (Å²) in [5.41, 5.74) is 1.84. The number of nitrogens with one attached hydrogen (secondary N) is 1. The number of hydrogen-bond acceptors (Lipinski definition) is 4. The lowest BCUT2D eigenvalue weighted by Crippen LogP contribution is -2.22. The Morgan fingerprint density at radius 2 is 2.00 bits per heavy atom. The molecular weight excluding hydrogens is 294 g/mol. The minimum absolute atomic E-state index is 0.00664. The molecule has 1 heterocycles. The number of hydrogen-bond donors (Lipinski definition) is 1. The Labute approximate surface area is 136 Å². The molecule has 6 nitrogen and oxygen atoms in total. The predicted octanol–water partition coefficient (Wildman–Crippen LogP) is 2.73. The van der Waals surface area contributed by atoms with Gasteiger partial charge >= 0.3 is 0 Å². The second-order valence-electron chi connectivity index (χ2n) is 5.41. The van der Waals surface area contributed by atoms with Crippen molar-refractivity contribution in [1.29, 1.82) is 0 Å². The van der Waals surface area contributed by atoms with Gasteiger partial charge in [-0.1, -0.05) is 30.3 Å². The predicted molar refractivity (Wildman–Crippen MR) is 89.4 cm³/mol. The molecule has 0 radical (unpaired) electrons. The molecule has 124 valence electrons. The second kappa shape index (κ2) is 8.45. The van der Waals surface area contributed by atoms with Gasteiger partial charge < -0.3 is 14.8 Å². The second-order valence-corrected chi connectivity index (χ2v) is 5.41. The van der Waals surface area contributed by atoms with Crippen molar-refractivity contribution >= 4 is 11.7 Å². The lowest BCUT2D eigenvalue weighted by Gasteiger charge is -2.11. The van der Waals surface area contributed by atoms with Gasteiger partial charge in [-0.25, -0.2) is 4.68 Å². The molecule has 0 spiro atoms. The van der Waals surface area contributed by atoms with Gasteiger partial charge in [-0.15, -0.1) is 0 Å². The molecule has 0 fully saturated rings. The lowest BCUT2D eigenvalue weighted by molar-refractivity contribution is -0.121. The summed E-state index contributed by atoms with van der Waals surface area (Å²) < 4.78 is 11.9. The fourth-order valence-corrected chi connectivity index (χ4v) is 2.12. The summed E-state index contributed by atoms with van der Waals surface area (Å²) >= 11 is 0. The number of aromatic nitrogens is 2. The first-order valence-electron chi connectivity index (χ1n) is 7.63. The van der Waals surface area contributed by atoms with Gasteiger partial charge in [0.05, 0.1) is 18.9 Å². The molecule has 0 bridgehead atoms. The van der Waals surface area contributed by atoms with E-state index in [1.54, 1.807) is 11.8 Å². The Morgan fingerprint density at radius 1 is 1.26 bits per heavy atom. The molecule has 1 aromatic heterocycles. The van der Waals surface area contributed by atoms with E-state index in [2.05, 4.69) is 10.4 Å². The van der Waals surface area contributed by atoms with E-state index in [-0.39, 0.29) is 18.6 Å². The van der Waals surface area contributed by atoms with E-state index < -0.39 is 0 Å². The van der Waals surface area contributed by atoms with Gasteiger partial charge in [-0.2, -0.15) is 5.10 Å². The third-order valence-electron chi connectivity index (χ3n) is 3.23. The number of amides is 1. The van der Waals surface area contributed by atoms with E-state index in [4.69, 9.17) is 9.47 Å². The van der Waals surface area contributed by atoms with Gasteiger partial charge in [0.2, 0.25) is 0 Å². The Kier molecular flexibility index (Phi) is 6.31. The van der Waals surface area contributed by atoms with Crippen LogP contribution in [0.3, 0.4) is 0 Å². The highest BCUT2D eigenvalue weighted by Crippen LogP contribution is 2.24. The first kappa shape index (κ1) is 17.2. The topological polar surface area (TPSA) is 65.4 Å². The largest absolute Gasteiger partial charge is 0.382 e. The summed E-state index contributed by atoms with van der Waals surface area (Å²) in [6.07, 6.45) is 0. The summed E-state index contributed by atoms with van der Waals surface area (Å²) in [5.74, 6) is 0.460. The highest BCUT2D eigenvalue weighted by atomic mass is 16.5. The molecule has 1 amide bonds. The minimum Gasteiger partial charge on any atom is -0.382 e. The Balaban J connectivity index is 2.08. The maximum Gasteiger partial charge on any atom is 0.251 e. The van der Waals surface area contributed by atoms with Crippen LogP contribution in [0.5, 0.6) is 0 Å². The molecule has 2 aromatic rings. The fraction of sp³-hybridized carbons (Fsp3) is 0.412. The first-order valence-corrected chi connectivity index (χ1v) is 7.63. The molecule has 0 aliphatic rings. The van der Waals surface area contributed by atoms with Gasteiger partial charge in [0.1, 0.15) is 12.4 Å². The van der Waals surface area contributed by atoms with Gasteiger partial charge in [-0.3, -0.25) is 4.79 Å². The number of ether oxygens (including phenoxy) is 2. The van der Waals surface area contributed by atoms with Crippen molar-refractivity contribution in [2.45, 2.75) is 19.9 Å². The van der Waals surface area contributed by atoms with Crippen LogP contribution in [-0.2, 0) is 14.3 Å². The standard InChI is InChI=1S/C17H23N3O3/c1-13(2)20-16(18-17(21)12-23-10-9-22-3)11-15(19-20)14-7-5-4-6-8-14/h4-8,11,13H,9-10,12H2,1-3H3,(H,18,21). The van der Waals surface area contributed by atoms with Crippen molar-refractivity contribution < 1.29 is 14.3 Å². The van der Waals surface area contributed by atoms with Crippen molar-refractivity contribution in [2.75, 3.05) is 32.2 Å². The van der Waals surface area contributed by atoms with Crippen LogP contribution in [0.2, 0.25) is 0 Å². The van der Waals surface area contributed by atoms with Crippen molar-refractivity contribution in [3.63, 3.8) is 0 Å². The molecule has 0 saturated carbocycles. The van der Waals surface area contributed by atoms with E-state index >= 15 is 0 Å². The Bertz CT molecular complexity index is 623. The Morgan fingerprint density at radius 3 is 2.65 bits per heavy atom. The lowest BCUT2D eigenvalue weighted by atomic mass is 10.2. The third kappa shape index (κ3) is 4.91. The van der Waals surface area contributed by atoms with Crippen LogP contribution in [0.1, 0.15) is 19.9 Å². The first-order chi connectivity index (χ1) is 11.1. The number of nitrogens with zero attached hydrogens (tertiary/aromatic N) is 2. The van der Waals surface area contributed by atoms with Crippen molar-refractivity contribution in [3.8, 4) is 11.3 Å². The SMILES string of the molecule is COCCOCC(=O)Nc1cc(-c2ccccc2)nn1C(C)C. The molecule has 1 N–H and O–H groups in total. The fourth-order valence-electron chi connectivity index (χ4n) is 2.12. The average molecular weight is 317 g/mol.